The van der Waals surface area contributed by atoms with Crippen molar-refractivity contribution in [2.75, 3.05) is 6.54 Å². The van der Waals surface area contributed by atoms with E-state index in [0.29, 0.717) is 5.92 Å². The monoisotopic (exact) mass is 266 g/mol. The fourth-order valence-corrected chi connectivity index (χ4v) is 2.74. The van der Waals surface area contributed by atoms with Crippen LogP contribution in [-0.2, 0) is 6.54 Å². The van der Waals surface area contributed by atoms with Crippen molar-refractivity contribution in [1.82, 2.24) is 9.88 Å². The van der Waals surface area contributed by atoms with Crippen molar-refractivity contribution in [3.63, 3.8) is 0 Å². The first kappa shape index (κ1) is 13.3. The summed E-state index contributed by atoms with van der Waals surface area (Å²) in [7, 11) is 0. The van der Waals surface area contributed by atoms with Gasteiger partial charge in [-0.25, -0.2) is 0 Å². The SMILES string of the molecule is C[C@@H](CN(Cc1ccncc1)C1CC1)c1ccccc1. The molecular weight excluding hydrogens is 244 g/mol. The normalized spacial score (nSPS) is 16.3. The van der Waals surface area contributed by atoms with E-state index in [1.807, 2.05) is 12.4 Å². The van der Waals surface area contributed by atoms with Crippen LogP contribution in [0.2, 0.25) is 0 Å². The molecule has 1 aliphatic carbocycles. The Labute approximate surface area is 121 Å². The van der Waals surface area contributed by atoms with Crippen LogP contribution in [0.5, 0.6) is 0 Å². The second-order valence-electron chi connectivity index (χ2n) is 5.83. The Kier molecular flexibility index (Phi) is 4.12. The molecule has 0 radical (unpaired) electrons. The van der Waals surface area contributed by atoms with E-state index >= 15 is 0 Å². The van der Waals surface area contributed by atoms with Gasteiger partial charge in [-0.15, -0.1) is 0 Å². The molecular formula is C18H22N2. The Morgan fingerprint density at radius 1 is 1.10 bits per heavy atom. The zero-order valence-corrected chi connectivity index (χ0v) is 12.1. The first-order chi connectivity index (χ1) is 9.83. The Bertz CT molecular complexity index is 520. The molecule has 104 valence electrons. The first-order valence-electron chi connectivity index (χ1n) is 7.51. The van der Waals surface area contributed by atoms with E-state index in [2.05, 4.69) is 59.3 Å². The van der Waals surface area contributed by atoms with Gasteiger partial charge in [0.05, 0.1) is 0 Å². The molecule has 2 nitrogen and oxygen atoms in total. The van der Waals surface area contributed by atoms with Crippen LogP contribution in [0.15, 0.2) is 54.9 Å². The summed E-state index contributed by atoms with van der Waals surface area (Å²) in [4.78, 5) is 6.74. The van der Waals surface area contributed by atoms with Gasteiger partial charge in [-0.1, -0.05) is 37.3 Å². The van der Waals surface area contributed by atoms with Gasteiger partial charge in [0.25, 0.3) is 0 Å². The highest BCUT2D eigenvalue weighted by Gasteiger charge is 2.29. The maximum absolute atomic E-state index is 4.10. The van der Waals surface area contributed by atoms with Gasteiger partial charge in [-0.3, -0.25) is 9.88 Å². The highest BCUT2D eigenvalue weighted by Crippen LogP contribution is 2.30. The van der Waals surface area contributed by atoms with E-state index in [0.717, 1.165) is 19.1 Å². The maximum Gasteiger partial charge on any atom is 0.0271 e. The number of aromatic nitrogens is 1. The molecule has 1 aromatic carbocycles. The van der Waals surface area contributed by atoms with Crippen molar-refractivity contribution in [2.45, 2.75) is 38.3 Å². The maximum atomic E-state index is 4.10. The summed E-state index contributed by atoms with van der Waals surface area (Å²) in [6, 6.07) is 15.9. The predicted molar refractivity (Wildman–Crippen MR) is 82.5 cm³/mol. The van der Waals surface area contributed by atoms with Gasteiger partial charge in [0.2, 0.25) is 0 Å². The molecule has 0 N–H and O–H groups in total. The standard InChI is InChI=1S/C18H22N2/c1-15(17-5-3-2-4-6-17)13-20(18-7-8-18)14-16-9-11-19-12-10-16/h2-6,9-12,15,18H,7-8,13-14H2,1H3/t15-/m0/s1. The Hall–Kier alpha value is -1.67. The van der Waals surface area contributed by atoms with Crippen LogP contribution in [-0.4, -0.2) is 22.5 Å². The lowest BCUT2D eigenvalue weighted by molar-refractivity contribution is 0.242. The first-order valence-corrected chi connectivity index (χ1v) is 7.51. The smallest absolute Gasteiger partial charge is 0.0271 e. The molecule has 0 aliphatic heterocycles. The van der Waals surface area contributed by atoms with Crippen molar-refractivity contribution < 1.29 is 0 Å². The predicted octanol–water partition coefficient (Wildman–Crippen LogP) is 3.85. The summed E-state index contributed by atoms with van der Waals surface area (Å²) >= 11 is 0. The Balaban J connectivity index is 1.66. The third kappa shape index (κ3) is 3.45. The number of hydrogen-bond acceptors (Lipinski definition) is 2. The van der Waals surface area contributed by atoms with Crippen LogP contribution in [0.4, 0.5) is 0 Å². The van der Waals surface area contributed by atoms with Crippen LogP contribution in [0, 0.1) is 0 Å². The number of benzene rings is 1. The van der Waals surface area contributed by atoms with Gasteiger partial charge in [0.1, 0.15) is 0 Å². The van der Waals surface area contributed by atoms with E-state index < -0.39 is 0 Å². The van der Waals surface area contributed by atoms with E-state index in [-0.39, 0.29) is 0 Å². The number of rotatable bonds is 6. The molecule has 0 unspecified atom stereocenters. The Morgan fingerprint density at radius 2 is 1.80 bits per heavy atom. The van der Waals surface area contributed by atoms with E-state index in [1.54, 1.807) is 0 Å². The zero-order valence-electron chi connectivity index (χ0n) is 12.1. The molecule has 1 aromatic heterocycles. The zero-order chi connectivity index (χ0) is 13.8. The van der Waals surface area contributed by atoms with Gasteiger partial charge in [0, 0.05) is 31.5 Å². The van der Waals surface area contributed by atoms with Gasteiger partial charge < -0.3 is 0 Å². The Morgan fingerprint density at radius 3 is 2.45 bits per heavy atom. The van der Waals surface area contributed by atoms with E-state index in [9.17, 15) is 0 Å². The molecule has 0 spiro atoms. The second-order valence-corrected chi connectivity index (χ2v) is 5.83. The molecule has 1 atom stereocenters. The van der Waals surface area contributed by atoms with Gasteiger partial charge >= 0.3 is 0 Å². The van der Waals surface area contributed by atoms with Gasteiger partial charge in [0.15, 0.2) is 0 Å². The lowest BCUT2D eigenvalue weighted by atomic mass is 10.0. The quantitative estimate of drug-likeness (QED) is 0.789. The van der Waals surface area contributed by atoms with Crippen molar-refractivity contribution in [3.8, 4) is 0 Å². The summed E-state index contributed by atoms with van der Waals surface area (Å²) in [6.45, 7) is 4.51. The van der Waals surface area contributed by atoms with Gasteiger partial charge in [-0.05, 0) is 42.0 Å². The third-order valence-electron chi connectivity index (χ3n) is 4.08. The minimum absolute atomic E-state index is 0.582. The van der Waals surface area contributed by atoms with Crippen LogP contribution in [0.3, 0.4) is 0 Å². The van der Waals surface area contributed by atoms with E-state index in [4.69, 9.17) is 0 Å². The van der Waals surface area contributed by atoms with Gasteiger partial charge in [-0.2, -0.15) is 0 Å². The summed E-state index contributed by atoms with van der Waals surface area (Å²) in [5, 5.41) is 0. The van der Waals surface area contributed by atoms with Crippen LogP contribution < -0.4 is 0 Å². The molecule has 3 rings (SSSR count). The number of nitrogens with zero attached hydrogens (tertiary/aromatic N) is 2. The summed E-state index contributed by atoms with van der Waals surface area (Å²) in [5.74, 6) is 0.582. The van der Waals surface area contributed by atoms with Crippen LogP contribution >= 0.6 is 0 Å². The van der Waals surface area contributed by atoms with Crippen LogP contribution in [0.25, 0.3) is 0 Å². The molecule has 1 fully saturated rings. The topological polar surface area (TPSA) is 16.1 Å². The highest BCUT2D eigenvalue weighted by atomic mass is 15.2. The summed E-state index contributed by atoms with van der Waals surface area (Å²) in [6.07, 6.45) is 6.49. The third-order valence-corrected chi connectivity index (χ3v) is 4.08. The number of hydrogen-bond donors (Lipinski definition) is 0. The van der Waals surface area contributed by atoms with Crippen LogP contribution in [0.1, 0.15) is 36.8 Å². The average Bonchev–Trinajstić information content (AvgIpc) is 3.33. The summed E-state index contributed by atoms with van der Waals surface area (Å²) in [5.41, 5.74) is 2.81. The largest absolute Gasteiger partial charge is 0.296 e. The molecule has 1 saturated carbocycles. The molecule has 2 heteroatoms. The van der Waals surface area contributed by atoms with Crippen molar-refractivity contribution in [2.24, 2.45) is 0 Å². The van der Waals surface area contributed by atoms with Crippen molar-refractivity contribution in [3.05, 3.63) is 66.0 Å². The second kappa shape index (κ2) is 6.19. The minimum atomic E-state index is 0.582. The lowest BCUT2D eigenvalue weighted by Gasteiger charge is -2.26. The molecule has 1 aliphatic rings. The average molecular weight is 266 g/mol. The van der Waals surface area contributed by atoms with Crippen molar-refractivity contribution in [1.29, 1.82) is 0 Å². The molecule has 0 bridgehead atoms. The summed E-state index contributed by atoms with van der Waals surface area (Å²) < 4.78 is 0. The fourth-order valence-electron chi connectivity index (χ4n) is 2.74. The molecule has 0 amide bonds. The molecule has 1 heterocycles. The lowest BCUT2D eigenvalue weighted by Crippen LogP contribution is -2.29. The number of pyridine rings is 1. The fraction of sp³-hybridized carbons (Fsp3) is 0.389. The molecule has 20 heavy (non-hydrogen) atoms. The van der Waals surface area contributed by atoms with Crippen molar-refractivity contribution >= 4 is 0 Å². The molecule has 2 aromatic rings. The molecule has 0 saturated heterocycles. The van der Waals surface area contributed by atoms with E-state index in [1.165, 1.54) is 24.0 Å². The minimum Gasteiger partial charge on any atom is -0.296 e. The highest BCUT2D eigenvalue weighted by molar-refractivity contribution is 5.19.